The zero-order valence-corrected chi connectivity index (χ0v) is 12.8. The molecule has 1 aromatic carbocycles. The highest BCUT2D eigenvalue weighted by molar-refractivity contribution is 9.10. The molecule has 0 aliphatic rings. The average Bonchev–Trinajstić information content (AvgIpc) is 2.31. The predicted octanol–water partition coefficient (Wildman–Crippen LogP) is 4.11. The Morgan fingerprint density at radius 2 is 2.00 bits per heavy atom. The third kappa shape index (κ3) is 3.65. The van der Waals surface area contributed by atoms with Gasteiger partial charge in [0.2, 0.25) is 5.95 Å². The van der Waals surface area contributed by atoms with Gasteiger partial charge in [-0.3, -0.25) is 10.1 Å². The molecule has 2 rings (SSSR count). The molecule has 4 nitrogen and oxygen atoms in total. The third-order valence-corrected chi connectivity index (χ3v) is 3.64. The minimum absolute atomic E-state index is 0.168. The second-order valence-electron chi connectivity index (χ2n) is 3.74. The van der Waals surface area contributed by atoms with Crippen molar-refractivity contribution in [2.45, 2.75) is 6.92 Å². The lowest BCUT2D eigenvalue weighted by atomic mass is 10.2. The maximum Gasteiger partial charge on any atom is 0.258 e. The van der Waals surface area contributed by atoms with Crippen LogP contribution in [0.25, 0.3) is 0 Å². The normalized spacial score (nSPS) is 10.3. The van der Waals surface area contributed by atoms with Gasteiger partial charge in [-0.2, -0.15) is 0 Å². The van der Waals surface area contributed by atoms with Gasteiger partial charge in [0.1, 0.15) is 5.15 Å². The number of benzene rings is 1. The zero-order valence-electron chi connectivity index (χ0n) is 9.75. The number of hydrogen-bond donors (Lipinski definition) is 1. The Kier molecular flexibility index (Phi) is 4.39. The Balaban J connectivity index is 2.22. The number of nitrogens with zero attached hydrogens (tertiary/aromatic N) is 2. The molecule has 0 radical (unpaired) electrons. The van der Waals surface area contributed by atoms with Crippen molar-refractivity contribution in [2.24, 2.45) is 0 Å². The van der Waals surface area contributed by atoms with Gasteiger partial charge in [-0.05, 0) is 47.1 Å². The molecule has 0 aliphatic heterocycles. The van der Waals surface area contributed by atoms with Gasteiger partial charge in [0, 0.05) is 15.7 Å². The van der Waals surface area contributed by atoms with E-state index in [4.69, 9.17) is 23.2 Å². The lowest BCUT2D eigenvalue weighted by Crippen LogP contribution is -2.14. The van der Waals surface area contributed by atoms with Crippen LogP contribution >= 0.6 is 39.1 Å². The van der Waals surface area contributed by atoms with Crippen molar-refractivity contribution in [1.29, 1.82) is 0 Å². The van der Waals surface area contributed by atoms with Crippen molar-refractivity contribution in [2.75, 3.05) is 5.32 Å². The highest BCUT2D eigenvalue weighted by Crippen LogP contribution is 2.23. The smallest absolute Gasteiger partial charge is 0.258 e. The summed E-state index contributed by atoms with van der Waals surface area (Å²) in [5.74, 6) is -0.167. The number of carbonyl (C=O) groups is 1. The number of aromatic nitrogens is 2. The second kappa shape index (κ2) is 5.86. The van der Waals surface area contributed by atoms with E-state index in [0.717, 1.165) is 0 Å². The fourth-order valence-corrected chi connectivity index (χ4v) is 2.13. The molecule has 1 heterocycles. The maximum absolute atomic E-state index is 12.0. The van der Waals surface area contributed by atoms with Crippen LogP contribution in [0.15, 0.2) is 28.7 Å². The first-order valence-electron chi connectivity index (χ1n) is 5.23. The Hall–Kier alpha value is -1.17. The SMILES string of the molecule is Cc1cc(Cl)nc(NC(=O)c2ccc(Cl)c(Br)c2)n1. The quantitative estimate of drug-likeness (QED) is 0.820. The Morgan fingerprint density at radius 1 is 1.26 bits per heavy atom. The van der Waals surface area contributed by atoms with Crippen LogP contribution in [0, 0.1) is 6.92 Å². The summed E-state index contributed by atoms with van der Waals surface area (Å²) in [6.07, 6.45) is 0. The second-order valence-corrected chi connectivity index (χ2v) is 5.39. The molecule has 98 valence electrons. The summed E-state index contributed by atoms with van der Waals surface area (Å²) in [5.41, 5.74) is 1.12. The van der Waals surface area contributed by atoms with E-state index in [1.54, 1.807) is 31.2 Å². The third-order valence-electron chi connectivity index (χ3n) is 2.23. The molecule has 1 aromatic heterocycles. The molecule has 7 heteroatoms. The van der Waals surface area contributed by atoms with Gasteiger partial charge >= 0.3 is 0 Å². The lowest BCUT2D eigenvalue weighted by molar-refractivity contribution is 0.102. The maximum atomic E-state index is 12.0. The van der Waals surface area contributed by atoms with Gasteiger partial charge in [-0.15, -0.1) is 0 Å². The summed E-state index contributed by atoms with van der Waals surface area (Å²) in [7, 11) is 0. The molecule has 0 saturated heterocycles. The van der Waals surface area contributed by atoms with Crippen molar-refractivity contribution in [1.82, 2.24) is 9.97 Å². The summed E-state index contributed by atoms with van der Waals surface area (Å²) in [6, 6.07) is 6.47. The lowest BCUT2D eigenvalue weighted by Gasteiger charge is -2.06. The van der Waals surface area contributed by atoms with Crippen molar-refractivity contribution >= 4 is 51.0 Å². The van der Waals surface area contributed by atoms with Crippen molar-refractivity contribution in [3.05, 3.63) is 50.2 Å². The van der Waals surface area contributed by atoms with Crippen LogP contribution in [0.3, 0.4) is 0 Å². The number of nitrogens with one attached hydrogen (secondary N) is 1. The van der Waals surface area contributed by atoms with Crippen molar-refractivity contribution in [3.8, 4) is 0 Å². The van der Waals surface area contributed by atoms with Crippen LogP contribution < -0.4 is 5.32 Å². The topological polar surface area (TPSA) is 54.9 Å². The highest BCUT2D eigenvalue weighted by atomic mass is 79.9. The number of amides is 1. The Labute approximate surface area is 128 Å². The van der Waals surface area contributed by atoms with Gasteiger partial charge in [0.25, 0.3) is 5.91 Å². The van der Waals surface area contributed by atoms with Crippen LogP contribution in [0.4, 0.5) is 5.95 Å². The summed E-state index contributed by atoms with van der Waals surface area (Å²) in [4.78, 5) is 20.0. The van der Waals surface area contributed by atoms with Crippen LogP contribution in [-0.4, -0.2) is 15.9 Å². The molecule has 1 amide bonds. The molecule has 0 aliphatic carbocycles. The van der Waals surface area contributed by atoms with E-state index < -0.39 is 0 Å². The number of aryl methyl sites for hydroxylation is 1. The van der Waals surface area contributed by atoms with Gasteiger partial charge in [-0.1, -0.05) is 23.2 Å². The van der Waals surface area contributed by atoms with E-state index in [1.165, 1.54) is 0 Å². The van der Waals surface area contributed by atoms with E-state index in [9.17, 15) is 4.79 Å². The molecule has 0 spiro atoms. The first-order chi connectivity index (χ1) is 8.95. The van der Waals surface area contributed by atoms with Crippen molar-refractivity contribution in [3.63, 3.8) is 0 Å². The van der Waals surface area contributed by atoms with E-state index in [2.05, 4.69) is 31.2 Å². The number of carbonyl (C=O) groups excluding carboxylic acids is 1. The molecule has 2 aromatic rings. The average molecular weight is 361 g/mol. The first kappa shape index (κ1) is 14.2. The molecule has 0 unspecified atom stereocenters. The monoisotopic (exact) mass is 359 g/mol. The van der Waals surface area contributed by atoms with Gasteiger partial charge in [-0.25, -0.2) is 9.97 Å². The summed E-state index contributed by atoms with van der Waals surface area (Å²) >= 11 is 14.9. The molecule has 19 heavy (non-hydrogen) atoms. The highest BCUT2D eigenvalue weighted by Gasteiger charge is 2.10. The fourth-order valence-electron chi connectivity index (χ4n) is 1.40. The van der Waals surface area contributed by atoms with Crippen LogP contribution in [-0.2, 0) is 0 Å². The van der Waals surface area contributed by atoms with E-state index in [0.29, 0.717) is 20.8 Å². The van der Waals surface area contributed by atoms with Gasteiger partial charge < -0.3 is 0 Å². The predicted molar refractivity (Wildman–Crippen MR) is 78.9 cm³/mol. The van der Waals surface area contributed by atoms with Gasteiger partial charge in [0.15, 0.2) is 0 Å². The largest absolute Gasteiger partial charge is 0.290 e. The molecular formula is C12H8BrCl2N3O. The number of halogens is 3. The van der Waals surface area contributed by atoms with Crippen molar-refractivity contribution < 1.29 is 4.79 Å². The van der Waals surface area contributed by atoms with Crippen LogP contribution in [0.1, 0.15) is 16.1 Å². The summed E-state index contributed by atoms with van der Waals surface area (Å²) in [5, 5.41) is 3.39. The fraction of sp³-hybridized carbons (Fsp3) is 0.0833. The van der Waals surface area contributed by atoms with Crippen LogP contribution in [0.5, 0.6) is 0 Å². The number of anilines is 1. The minimum atomic E-state index is -0.334. The van der Waals surface area contributed by atoms with E-state index in [1.807, 2.05) is 0 Å². The zero-order chi connectivity index (χ0) is 14.0. The standard InChI is InChI=1S/C12H8BrCl2N3O/c1-6-4-10(15)17-12(16-6)18-11(19)7-2-3-9(14)8(13)5-7/h2-5H,1H3,(H,16,17,18,19). The minimum Gasteiger partial charge on any atom is -0.290 e. The molecule has 1 N–H and O–H groups in total. The Morgan fingerprint density at radius 3 is 2.63 bits per heavy atom. The molecule has 0 saturated carbocycles. The molecule has 0 fully saturated rings. The first-order valence-corrected chi connectivity index (χ1v) is 6.78. The molecule has 0 atom stereocenters. The van der Waals surface area contributed by atoms with Gasteiger partial charge in [0.05, 0.1) is 5.02 Å². The van der Waals surface area contributed by atoms with Crippen LogP contribution in [0.2, 0.25) is 10.2 Å². The van der Waals surface area contributed by atoms with E-state index in [-0.39, 0.29) is 17.0 Å². The summed E-state index contributed by atoms with van der Waals surface area (Å²) in [6.45, 7) is 1.77. The summed E-state index contributed by atoms with van der Waals surface area (Å²) < 4.78 is 0.644. The number of hydrogen-bond acceptors (Lipinski definition) is 3. The number of rotatable bonds is 2. The molecule has 0 bridgehead atoms. The molecular weight excluding hydrogens is 353 g/mol. The van der Waals surface area contributed by atoms with E-state index >= 15 is 0 Å². The Bertz CT molecular complexity index is 629.